The largest absolute Gasteiger partial charge is 0.503 e. The summed E-state index contributed by atoms with van der Waals surface area (Å²) in [7, 11) is 0. The van der Waals surface area contributed by atoms with E-state index < -0.39 is 23.5 Å². The highest BCUT2D eigenvalue weighted by Crippen LogP contribution is 2.42. The number of benzene rings is 3. The lowest BCUT2D eigenvalue weighted by Gasteiger charge is -2.27. The van der Waals surface area contributed by atoms with Gasteiger partial charge in [-0.15, -0.1) is 0 Å². The Morgan fingerprint density at radius 1 is 1.03 bits per heavy atom. The predicted octanol–water partition coefficient (Wildman–Crippen LogP) is 6.66. The summed E-state index contributed by atoms with van der Waals surface area (Å²) >= 11 is 6.07. The third-order valence-corrected chi connectivity index (χ3v) is 5.99. The van der Waals surface area contributed by atoms with Crippen LogP contribution in [0.3, 0.4) is 0 Å². The van der Waals surface area contributed by atoms with E-state index in [-0.39, 0.29) is 17.4 Å². The van der Waals surface area contributed by atoms with Crippen LogP contribution in [0, 0.1) is 0 Å². The normalized spacial score (nSPS) is 15.9. The minimum absolute atomic E-state index is 0.0000355. The number of aliphatic hydroxyl groups excluding tert-OH is 1. The lowest BCUT2D eigenvalue weighted by atomic mass is 9.95. The van der Waals surface area contributed by atoms with E-state index in [2.05, 4.69) is 0 Å². The second kappa shape index (κ2) is 8.96. The number of ketones is 1. The number of hydrogen-bond acceptors (Lipinski definition) is 5. The maximum Gasteiger partial charge on any atom is 0.294 e. The molecule has 35 heavy (non-hydrogen) atoms. The smallest absolute Gasteiger partial charge is 0.294 e. The summed E-state index contributed by atoms with van der Waals surface area (Å²) in [6.45, 7) is 3.85. The summed E-state index contributed by atoms with van der Waals surface area (Å²) in [6, 6.07) is 21.8. The van der Waals surface area contributed by atoms with Gasteiger partial charge in [-0.3, -0.25) is 14.5 Å². The van der Waals surface area contributed by atoms with E-state index in [0.29, 0.717) is 33.0 Å². The molecule has 1 atom stereocenters. The second-order valence-corrected chi connectivity index (χ2v) is 8.97. The Bertz CT molecular complexity index is 1450. The zero-order valence-corrected chi connectivity index (χ0v) is 19.8. The number of carbonyl (C=O) groups excluding carboxylic acids is 2. The monoisotopic (exact) mass is 487 g/mol. The van der Waals surface area contributed by atoms with Crippen LogP contribution in [0.2, 0.25) is 5.02 Å². The Morgan fingerprint density at radius 3 is 2.43 bits per heavy atom. The van der Waals surface area contributed by atoms with Crippen LogP contribution in [0.15, 0.2) is 94.6 Å². The minimum atomic E-state index is -0.843. The molecule has 1 amide bonds. The molecule has 1 unspecified atom stereocenters. The summed E-state index contributed by atoms with van der Waals surface area (Å²) in [5.41, 5.74) is 1.63. The third-order valence-electron chi connectivity index (χ3n) is 5.76. The Morgan fingerprint density at radius 2 is 1.74 bits per heavy atom. The summed E-state index contributed by atoms with van der Waals surface area (Å²) in [5, 5.41) is 12.1. The van der Waals surface area contributed by atoms with Crippen LogP contribution in [-0.2, 0) is 4.79 Å². The number of amides is 1. The Labute approximate surface area is 207 Å². The molecule has 3 aromatic carbocycles. The van der Waals surface area contributed by atoms with Gasteiger partial charge in [0.1, 0.15) is 11.3 Å². The number of Topliss-reactive ketones (excluding diaryl/α,β-unsaturated/α-hetero) is 1. The maximum atomic E-state index is 13.6. The van der Waals surface area contributed by atoms with E-state index in [9.17, 15) is 14.7 Å². The molecule has 0 saturated heterocycles. The van der Waals surface area contributed by atoms with Crippen molar-refractivity contribution in [3.05, 3.63) is 107 Å². The van der Waals surface area contributed by atoms with Crippen molar-refractivity contribution >= 4 is 39.9 Å². The van der Waals surface area contributed by atoms with Gasteiger partial charge in [-0.05, 0) is 67.9 Å². The highest BCUT2D eigenvalue weighted by atomic mass is 35.5. The van der Waals surface area contributed by atoms with Crippen molar-refractivity contribution in [1.29, 1.82) is 0 Å². The lowest BCUT2D eigenvalue weighted by Crippen LogP contribution is -2.31. The molecule has 1 aliphatic heterocycles. The SMILES string of the molecule is CC(C)Oc1ccc(N2C(=O)C(O)=C(C(=O)c3cc4cc(Cl)ccc4o3)C2c2ccccc2)cc1. The van der Waals surface area contributed by atoms with Crippen molar-refractivity contribution < 1.29 is 23.8 Å². The average molecular weight is 488 g/mol. The molecule has 1 aromatic heterocycles. The van der Waals surface area contributed by atoms with E-state index in [1.54, 1.807) is 48.5 Å². The van der Waals surface area contributed by atoms with Gasteiger partial charge in [0.05, 0.1) is 17.7 Å². The second-order valence-electron chi connectivity index (χ2n) is 8.53. The number of furan rings is 1. The molecule has 2 heterocycles. The Balaban J connectivity index is 1.59. The molecule has 4 aromatic rings. The highest BCUT2D eigenvalue weighted by Gasteiger charge is 2.45. The quantitative estimate of drug-likeness (QED) is 0.308. The van der Waals surface area contributed by atoms with Gasteiger partial charge in [0, 0.05) is 16.1 Å². The summed E-state index contributed by atoms with van der Waals surface area (Å²) in [6.07, 6.45) is -0.0000355. The molecule has 0 spiro atoms. The van der Waals surface area contributed by atoms with Crippen molar-refractivity contribution in [2.75, 3.05) is 4.90 Å². The zero-order chi connectivity index (χ0) is 24.7. The minimum Gasteiger partial charge on any atom is -0.503 e. The molecule has 5 rings (SSSR count). The van der Waals surface area contributed by atoms with E-state index >= 15 is 0 Å². The standard InChI is InChI=1S/C28H22ClNO5/c1-16(2)34-21-11-9-20(10-12-21)30-25(17-6-4-3-5-7-17)24(27(32)28(30)33)26(31)23-15-18-14-19(29)8-13-22(18)35-23/h3-16,25,32H,1-2H3. The van der Waals surface area contributed by atoms with Crippen LogP contribution in [0.1, 0.15) is 36.0 Å². The summed E-state index contributed by atoms with van der Waals surface area (Å²) in [5.74, 6) is -1.18. The number of halogens is 1. The number of fused-ring (bicyclic) bond motifs is 1. The first kappa shape index (κ1) is 22.7. The fourth-order valence-electron chi connectivity index (χ4n) is 4.27. The first-order valence-electron chi connectivity index (χ1n) is 11.2. The van der Waals surface area contributed by atoms with E-state index in [4.69, 9.17) is 20.8 Å². The number of anilines is 1. The number of ether oxygens (including phenoxy) is 1. The highest BCUT2D eigenvalue weighted by molar-refractivity contribution is 6.31. The van der Waals surface area contributed by atoms with Gasteiger partial charge in [-0.2, -0.15) is 0 Å². The number of aliphatic hydroxyl groups is 1. The molecule has 0 radical (unpaired) electrons. The van der Waals surface area contributed by atoms with Crippen molar-refractivity contribution in [2.24, 2.45) is 0 Å². The third kappa shape index (κ3) is 4.17. The fourth-order valence-corrected chi connectivity index (χ4v) is 4.45. The van der Waals surface area contributed by atoms with Crippen molar-refractivity contribution in [3.8, 4) is 5.75 Å². The Hall–Kier alpha value is -4.03. The molecule has 176 valence electrons. The predicted molar refractivity (Wildman–Crippen MR) is 134 cm³/mol. The van der Waals surface area contributed by atoms with E-state index in [0.717, 1.165) is 0 Å². The van der Waals surface area contributed by atoms with E-state index in [1.807, 2.05) is 44.2 Å². The van der Waals surface area contributed by atoms with Gasteiger partial charge in [-0.1, -0.05) is 41.9 Å². The van der Waals surface area contributed by atoms with Crippen LogP contribution in [0.5, 0.6) is 5.75 Å². The van der Waals surface area contributed by atoms with Gasteiger partial charge >= 0.3 is 0 Å². The molecular weight excluding hydrogens is 466 g/mol. The first-order valence-corrected chi connectivity index (χ1v) is 11.5. The topological polar surface area (TPSA) is 80.0 Å². The number of hydrogen-bond donors (Lipinski definition) is 1. The summed E-state index contributed by atoms with van der Waals surface area (Å²) in [4.78, 5) is 28.4. The van der Waals surface area contributed by atoms with Gasteiger partial charge < -0.3 is 14.3 Å². The van der Waals surface area contributed by atoms with Crippen LogP contribution < -0.4 is 9.64 Å². The van der Waals surface area contributed by atoms with Crippen LogP contribution >= 0.6 is 11.6 Å². The van der Waals surface area contributed by atoms with Gasteiger partial charge in [0.15, 0.2) is 11.5 Å². The number of carbonyl (C=O) groups is 2. The van der Waals surface area contributed by atoms with Crippen molar-refractivity contribution in [2.45, 2.75) is 26.0 Å². The van der Waals surface area contributed by atoms with Crippen molar-refractivity contribution in [3.63, 3.8) is 0 Å². The van der Waals surface area contributed by atoms with E-state index in [1.165, 1.54) is 4.90 Å². The molecule has 1 N–H and O–H groups in total. The molecular formula is C28H22ClNO5. The molecule has 1 aliphatic rings. The first-order chi connectivity index (χ1) is 16.8. The molecule has 0 bridgehead atoms. The fraction of sp³-hybridized carbons (Fsp3) is 0.143. The van der Waals surface area contributed by atoms with Gasteiger partial charge in [0.25, 0.3) is 5.91 Å². The number of rotatable bonds is 6. The van der Waals surface area contributed by atoms with Crippen molar-refractivity contribution in [1.82, 2.24) is 0 Å². The van der Waals surface area contributed by atoms with Crippen LogP contribution in [-0.4, -0.2) is 22.9 Å². The molecule has 0 fully saturated rings. The lowest BCUT2D eigenvalue weighted by molar-refractivity contribution is -0.117. The molecule has 7 heteroatoms. The zero-order valence-electron chi connectivity index (χ0n) is 19.1. The van der Waals surface area contributed by atoms with Gasteiger partial charge in [-0.25, -0.2) is 0 Å². The Kier molecular flexibility index (Phi) is 5.83. The van der Waals surface area contributed by atoms with Gasteiger partial charge in [0.2, 0.25) is 5.78 Å². The molecule has 6 nitrogen and oxygen atoms in total. The van der Waals surface area contributed by atoms with Crippen LogP contribution in [0.4, 0.5) is 5.69 Å². The average Bonchev–Trinajstić information content (AvgIpc) is 3.38. The summed E-state index contributed by atoms with van der Waals surface area (Å²) < 4.78 is 11.5. The van der Waals surface area contributed by atoms with Crippen LogP contribution in [0.25, 0.3) is 11.0 Å². The number of nitrogens with zero attached hydrogens (tertiary/aromatic N) is 1. The maximum absolute atomic E-state index is 13.6. The molecule has 0 aliphatic carbocycles. The molecule has 0 saturated carbocycles.